The zero-order chi connectivity index (χ0) is 14.4. The SMILES string of the molecule is CC1CCCCN1CCCNC(=O)c1ccc(I)cc1. The number of nitrogens with zero attached hydrogens (tertiary/aromatic N) is 1. The first-order valence-electron chi connectivity index (χ1n) is 7.44. The molecule has 0 bridgehead atoms. The number of piperidine rings is 1. The zero-order valence-electron chi connectivity index (χ0n) is 12.1. The number of hydrogen-bond acceptors (Lipinski definition) is 2. The van der Waals surface area contributed by atoms with Gasteiger partial charge in [-0.3, -0.25) is 4.79 Å². The lowest BCUT2D eigenvalue weighted by Crippen LogP contribution is -2.39. The normalized spacial score (nSPS) is 19.8. The van der Waals surface area contributed by atoms with Crippen molar-refractivity contribution in [1.82, 2.24) is 10.2 Å². The predicted molar refractivity (Wildman–Crippen MR) is 91.0 cm³/mol. The van der Waals surface area contributed by atoms with E-state index in [0.717, 1.165) is 28.6 Å². The van der Waals surface area contributed by atoms with Crippen molar-refractivity contribution in [2.24, 2.45) is 0 Å². The zero-order valence-corrected chi connectivity index (χ0v) is 14.2. The largest absolute Gasteiger partial charge is 0.352 e. The number of amides is 1. The van der Waals surface area contributed by atoms with Gasteiger partial charge in [0.15, 0.2) is 0 Å². The molecule has 1 aliphatic heterocycles. The van der Waals surface area contributed by atoms with Crippen LogP contribution in [0.1, 0.15) is 43.0 Å². The first kappa shape index (κ1) is 15.8. The Bertz CT molecular complexity index is 433. The van der Waals surface area contributed by atoms with Crippen LogP contribution in [0.5, 0.6) is 0 Å². The van der Waals surface area contributed by atoms with Crippen molar-refractivity contribution in [3.05, 3.63) is 33.4 Å². The van der Waals surface area contributed by atoms with Crippen LogP contribution >= 0.6 is 22.6 Å². The lowest BCUT2D eigenvalue weighted by Gasteiger charge is -2.33. The smallest absolute Gasteiger partial charge is 0.251 e. The van der Waals surface area contributed by atoms with Gasteiger partial charge in [-0.05, 0) is 79.6 Å². The number of rotatable bonds is 5. The minimum Gasteiger partial charge on any atom is -0.352 e. The molecule has 110 valence electrons. The summed E-state index contributed by atoms with van der Waals surface area (Å²) in [6, 6.07) is 8.39. The topological polar surface area (TPSA) is 32.3 Å². The summed E-state index contributed by atoms with van der Waals surface area (Å²) in [6.45, 7) is 5.37. The molecule has 1 aromatic rings. The highest BCUT2D eigenvalue weighted by Crippen LogP contribution is 2.16. The first-order valence-corrected chi connectivity index (χ1v) is 8.52. The Kier molecular flexibility index (Phi) is 6.29. The molecule has 1 atom stereocenters. The van der Waals surface area contributed by atoms with E-state index >= 15 is 0 Å². The van der Waals surface area contributed by atoms with E-state index in [2.05, 4.69) is 39.7 Å². The number of halogens is 1. The standard InChI is InChI=1S/C16H23IN2O/c1-13-5-2-3-11-19(13)12-4-10-18-16(20)14-6-8-15(17)9-7-14/h6-9,13H,2-5,10-12H2,1H3,(H,18,20). The minimum atomic E-state index is 0.0353. The monoisotopic (exact) mass is 386 g/mol. The van der Waals surface area contributed by atoms with E-state index in [0.29, 0.717) is 6.04 Å². The molecule has 0 aliphatic carbocycles. The van der Waals surface area contributed by atoms with Gasteiger partial charge < -0.3 is 10.2 Å². The molecule has 0 spiro atoms. The van der Waals surface area contributed by atoms with Gasteiger partial charge in [-0.15, -0.1) is 0 Å². The van der Waals surface area contributed by atoms with Crippen LogP contribution in [-0.2, 0) is 0 Å². The van der Waals surface area contributed by atoms with E-state index in [1.807, 2.05) is 24.3 Å². The highest BCUT2D eigenvalue weighted by Gasteiger charge is 2.17. The molecule has 1 saturated heterocycles. The van der Waals surface area contributed by atoms with Gasteiger partial charge in [0.2, 0.25) is 0 Å². The molecule has 0 aromatic heterocycles. The summed E-state index contributed by atoms with van der Waals surface area (Å²) in [6.07, 6.45) is 5.02. The van der Waals surface area contributed by atoms with E-state index in [-0.39, 0.29) is 5.91 Å². The lowest BCUT2D eigenvalue weighted by molar-refractivity contribution is 0.0949. The molecular weight excluding hydrogens is 363 g/mol. The van der Waals surface area contributed by atoms with Crippen LogP contribution in [0.2, 0.25) is 0 Å². The quantitative estimate of drug-likeness (QED) is 0.622. The van der Waals surface area contributed by atoms with E-state index in [9.17, 15) is 4.79 Å². The maximum absolute atomic E-state index is 11.9. The molecule has 1 amide bonds. The summed E-state index contributed by atoms with van der Waals surface area (Å²) in [5, 5.41) is 3.00. The third-order valence-electron chi connectivity index (χ3n) is 3.95. The fourth-order valence-corrected chi connectivity index (χ4v) is 3.04. The van der Waals surface area contributed by atoms with Crippen LogP contribution in [-0.4, -0.2) is 36.5 Å². The van der Waals surface area contributed by atoms with Crippen LogP contribution in [0.15, 0.2) is 24.3 Å². The Morgan fingerprint density at radius 3 is 2.80 bits per heavy atom. The summed E-state index contributed by atoms with van der Waals surface area (Å²) < 4.78 is 1.15. The maximum atomic E-state index is 11.9. The molecule has 0 radical (unpaired) electrons. The average molecular weight is 386 g/mol. The van der Waals surface area contributed by atoms with Gasteiger partial charge in [0.05, 0.1) is 0 Å². The van der Waals surface area contributed by atoms with Crippen molar-refractivity contribution in [3.63, 3.8) is 0 Å². The number of benzene rings is 1. The molecule has 4 heteroatoms. The molecular formula is C16H23IN2O. The Balaban J connectivity index is 1.67. The Morgan fingerprint density at radius 2 is 2.10 bits per heavy atom. The second kappa shape index (κ2) is 7.98. The first-order chi connectivity index (χ1) is 9.66. The maximum Gasteiger partial charge on any atom is 0.251 e. The average Bonchev–Trinajstić information content (AvgIpc) is 2.46. The molecule has 1 aromatic carbocycles. The van der Waals surface area contributed by atoms with Gasteiger partial charge in [0, 0.05) is 28.3 Å². The highest BCUT2D eigenvalue weighted by molar-refractivity contribution is 14.1. The van der Waals surface area contributed by atoms with E-state index in [1.165, 1.54) is 25.8 Å². The second-order valence-corrected chi connectivity index (χ2v) is 6.74. The fraction of sp³-hybridized carbons (Fsp3) is 0.562. The van der Waals surface area contributed by atoms with Crippen molar-refractivity contribution < 1.29 is 4.79 Å². The van der Waals surface area contributed by atoms with Gasteiger partial charge >= 0.3 is 0 Å². The van der Waals surface area contributed by atoms with Gasteiger partial charge in [-0.25, -0.2) is 0 Å². The van der Waals surface area contributed by atoms with Crippen molar-refractivity contribution in [3.8, 4) is 0 Å². The van der Waals surface area contributed by atoms with Gasteiger partial charge in [-0.1, -0.05) is 6.42 Å². The molecule has 1 fully saturated rings. The number of hydrogen-bond donors (Lipinski definition) is 1. The highest BCUT2D eigenvalue weighted by atomic mass is 127. The molecule has 1 N–H and O–H groups in total. The van der Waals surface area contributed by atoms with Crippen LogP contribution in [0, 0.1) is 3.57 Å². The van der Waals surface area contributed by atoms with Gasteiger partial charge in [0.25, 0.3) is 5.91 Å². The third kappa shape index (κ3) is 4.74. The summed E-state index contributed by atoms with van der Waals surface area (Å²) in [5.41, 5.74) is 0.747. The number of carbonyl (C=O) groups is 1. The minimum absolute atomic E-state index is 0.0353. The third-order valence-corrected chi connectivity index (χ3v) is 4.67. The Morgan fingerprint density at radius 1 is 1.35 bits per heavy atom. The Labute approximate surface area is 135 Å². The molecule has 1 heterocycles. The fourth-order valence-electron chi connectivity index (χ4n) is 2.68. The molecule has 1 unspecified atom stereocenters. The van der Waals surface area contributed by atoms with Crippen molar-refractivity contribution in [2.45, 2.75) is 38.6 Å². The number of nitrogens with one attached hydrogen (secondary N) is 1. The van der Waals surface area contributed by atoms with Crippen molar-refractivity contribution >= 4 is 28.5 Å². The van der Waals surface area contributed by atoms with E-state index < -0.39 is 0 Å². The van der Waals surface area contributed by atoms with Gasteiger partial charge in [-0.2, -0.15) is 0 Å². The second-order valence-electron chi connectivity index (χ2n) is 5.50. The molecule has 3 nitrogen and oxygen atoms in total. The summed E-state index contributed by atoms with van der Waals surface area (Å²) in [5.74, 6) is 0.0353. The molecule has 2 rings (SSSR count). The number of likely N-dealkylation sites (tertiary alicyclic amines) is 1. The van der Waals surface area contributed by atoms with Crippen LogP contribution in [0.25, 0.3) is 0 Å². The van der Waals surface area contributed by atoms with Crippen molar-refractivity contribution in [1.29, 1.82) is 0 Å². The van der Waals surface area contributed by atoms with E-state index in [1.54, 1.807) is 0 Å². The summed E-state index contributed by atoms with van der Waals surface area (Å²) >= 11 is 2.24. The predicted octanol–water partition coefficient (Wildman–Crippen LogP) is 3.29. The molecule has 1 aliphatic rings. The molecule has 20 heavy (non-hydrogen) atoms. The van der Waals surface area contributed by atoms with Crippen molar-refractivity contribution in [2.75, 3.05) is 19.6 Å². The Hall–Kier alpha value is -0.620. The summed E-state index contributed by atoms with van der Waals surface area (Å²) in [4.78, 5) is 14.5. The summed E-state index contributed by atoms with van der Waals surface area (Å²) in [7, 11) is 0. The van der Waals surface area contributed by atoms with E-state index in [4.69, 9.17) is 0 Å². The van der Waals surface area contributed by atoms with Crippen LogP contribution < -0.4 is 5.32 Å². The van der Waals surface area contributed by atoms with Crippen LogP contribution in [0.4, 0.5) is 0 Å². The number of carbonyl (C=O) groups excluding carboxylic acids is 1. The molecule has 0 saturated carbocycles. The van der Waals surface area contributed by atoms with Gasteiger partial charge in [0.1, 0.15) is 0 Å². The van der Waals surface area contributed by atoms with Crippen LogP contribution in [0.3, 0.4) is 0 Å². The lowest BCUT2D eigenvalue weighted by atomic mass is 10.0.